The van der Waals surface area contributed by atoms with Crippen LogP contribution in [0.15, 0.2) is 24.3 Å². The van der Waals surface area contributed by atoms with Crippen LogP contribution < -0.4 is 16.0 Å². The van der Waals surface area contributed by atoms with Gasteiger partial charge in [-0.15, -0.1) is 24.8 Å². The van der Waals surface area contributed by atoms with E-state index >= 15 is 0 Å². The van der Waals surface area contributed by atoms with Crippen LogP contribution in [-0.4, -0.2) is 61.1 Å². The Kier molecular flexibility index (Phi) is 9.40. The number of benzene rings is 1. The summed E-state index contributed by atoms with van der Waals surface area (Å²) in [5.74, 6) is -0.184. The molecule has 1 aliphatic heterocycles. The minimum absolute atomic E-state index is 0. The minimum atomic E-state index is -0.328. The van der Waals surface area contributed by atoms with E-state index < -0.39 is 0 Å². The number of nitrogens with zero attached hydrogens (tertiary/aromatic N) is 2. The van der Waals surface area contributed by atoms with Crippen LogP contribution in [0.25, 0.3) is 0 Å². The third kappa shape index (κ3) is 6.13. The average Bonchev–Trinajstić information content (AvgIpc) is 2.53. The monoisotopic (exact) mass is 364 g/mol. The molecular formula is C14H22Cl2N4O3. The topological polar surface area (TPSA) is 98.9 Å². The van der Waals surface area contributed by atoms with Crippen molar-refractivity contribution in [2.24, 2.45) is 5.73 Å². The van der Waals surface area contributed by atoms with Gasteiger partial charge in [0.1, 0.15) is 5.75 Å². The first-order chi connectivity index (χ1) is 10.1. The summed E-state index contributed by atoms with van der Waals surface area (Å²) >= 11 is 0. The molecule has 130 valence electrons. The van der Waals surface area contributed by atoms with Crippen molar-refractivity contribution in [1.29, 1.82) is 0 Å². The molecule has 23 heavy (non-hydrogen) atoms. The zero-order chi connectivity index (χ0) is 15.2. The molecule has 1 fully saturated rings. The molecule has 2 rings (SSSR count). The van der Waals surface area contributed by atoms with E-state index in [4.69, 9.17) is 5.73 Å². The van der Waals surface area contributed by atoms with Crippen LogP contribution in [0.4, 0.5) is 5.69 Å². The number of aromatic hydroxyl groups is 1. The number of phenolic OH excluding ortho intramolecular Hbond substituents is 1. The number of hydrogen-bond acceptors (Lipinski definition) is 5. The van der Waals surface area contributed by atoms with E-state index in [1.54, 1.807) is 17.0 Å². The SMILES string of the molecule is Cl.Cl.NCC(=O)NCC(=O)N1CCN(c2ccc(O)cc2)CC1. The van der Waals surface area contributed by atoms with Gasteiger partial charge in [0.05, 0.1) is 13.1 Å². The molecule has 1 saturated heterocycles. The summed E-state index contributed by atoms with van der Waals surface area (Å²) < 4.78 is 0. The Morgan fingerprint density at radius 2 is 1.65 bits per heavy atom. The molecule has 0 atom stereocenters. The molecule has 0 saturated carbocycles. The lowest BCUT2D eigenvalue weighted by Crippen LogP contribution is -2.51. The maximum atomic E-state index is 11.9. The first-order valence-electron chi connectivity index (χ1n) is 6.88. The second-order valence-corrected chi connectivity index (χ2v) is 4.87. The zero-order valence-electron chi connectivity index (χ0n) is 12.6. The maximum absolute atomic E-state index is 11.9. The first kappa shape index (κ1) is 21.3. The molecule has 1 aromatic carbocycles. The first-order valence-corrected chi connectivity index (χ1v) is 6.88. The Morgan fingerprint density at radius 1 is 1.09 bits per heavy atom. The van der Waals surface area contributed by atoms with Crippen LogP contribution in [-0.2, 0) is 9.59 Å². The summed E-state index contributed by atoms with van der Waals surface area (Å²) in [4.78, 5) is 26.8. The summed E-state index contributed by atoms with van der Waals surface area (Å²) in [5.41, 5.74) is 6.19. The number of nitrogens with one attached hydrogen (secondary N) is 1. The van der Waals surface area contributed by atoms with Crippen molar-refractivity contribution in [3.8, 4) is 5.75 Å². The van der Waals surface area contributed by atoms with Crippen LogP contribution in [0.2, 0.25) is 0 Å². The molecular weight excluding hydrogens is 343 g/mol. The van der Waals surface area contributed by atoms with Gasteiger partial charge >= 0.3 is 0 Å². The largest absolute Gasteiger partial charge is 0.508 e. The predicted molar refractivity (Wildman–Crippen MR) is 93.5 cm³/mol. The summed E-state index contributed by atoms with van der Waals surface area (Å²) in [6.07, 6.45) is 0. The zero-order valence-corrected chi connectivity index (χ0v) is 14.2. The summed E-state index contributed by atoms with van der Waals surface area (Å²) in [6, 6.07) is 7.01. The lowest BCUT2D eigenvalue weighted by Gasteiger charge is -2.36. The van der Waals surface area contributed by atoms with Gasteiger partial charge in [0.15, 0.2) is 0 Å². The van der Waals surface area contributed by atoms with Crippen LogP contribution in [0, 0.1) is 0 Å². The fourth-order valence-corrected chi connectivity index (χ4v) is 2.24. The van der Waals surface area contributed by atoms with Crippen molar-refractivity contribution in [3.63, 3.8) is 0 Å². The highest BCUT2D eigenvalue weighted by atomic mass is 35.5. The number of rotatable bonds is 4. The summed E-state index contributed by atoms with van der Waals surface area (Å²) in [6.45, 7) is 2.55. The van der Waals surface area contributed by atoms with Crippen LogP contribution in [0.5, 0.6) is 5.75 Å². The molecule has 0 unspecified atom stereocenters. The Labute approximate surface area is 147 Å². The minimum Gasteiger partial charge on any atom is -0.508 e. The molecule has 4 N–H and O–H groups in total. The highest BCUT2D eigenvalue weighted by Crippen LogP contribution is 2.19. The predicted octanol–water partition coefficient (Wildman–Crippen LogP) is -0.0407. The van der Waals surface area contributed by atoms with E-state index in [0.29, 0.717) is 13.1 Å². The van der Waals surface area contributed by atoms with Crippen molar-refractivity contribution in [2.75, 3.05) is 44.2 Å². The molecule has 7 nitrogen and oxygen atoms in total. The number of anilines is 1. The van der Waals surface area contributed by atoms with Gasteiger partial charge in [-0.1, -0.05) is 0 Å². The van der Waals surface area contributed by atoms with Crippen molar-refractivity contribution in [2.45, 2.75) is 0 Å². The highest BCUT2D eigenvalue weighted by Gasteiger charge is 2.21. The fourth-order valence-electron chi connectivity index (χ4n) is 2.24. The average molecular weight is 365 g/mol. The van der Waals surface area contributed by atoms with Crippen LogP contribution >= 0.6 is 24.8 Å². The number of amides is 2. The van der Waals surface area contributed by atoms with E-state index in [2.05, 4.69) is 10.2 Å². The van der Waals surface area contributed by atoms with E-state index in [1.807, 2.05) is 12.1 Å². The molecule has 9 heteroatoms. The molecule has 1 aliphatic rings. The number of carbonyl (C=O) groups excluding carboxylic acids is 2. The van der Waals surface area contributed by atoms with E-state index in [1.165, 1.54) is 0 Å². The third-order valence-electron chi connectivity index (χ3n) is 3.47. The Bertz CT molecular complexity index is 505. The van der Waals surface area contributed by atoms with Crippen molar-refractivity contribution < 1.29 is 14.7 Å². The van der Waals surface area contributed by atoms with Gasteiger partial charge in [0.25, 0.3) is 0 Å². The number of phenols is 1. The summed E-state index contributed by atoms with van der Waals surface area (Å²) in [7, 11) is 0. The van der Waals surface area contributed by atoms with Gasteiger partial charge in [0, 0.05) is 31.9 Å². The number of nitrogens with two attached hydrogens (primary N) is 1. The number of carbonyl (C=O) groups is 2. The maximum Gasteiger partial charge on any atom is 0.242 e. The molecule has 1 heterocycles. The normalized spacial score (nSPS) is 13.6. The molecule has 0 aliphatic carbocycles. The highest BCUT2D eigenvalue weighted by molar-refractivity contribution is 5.86. The Balaban J connectivity index is 0.00000242. The Morgan fingerprint density at radius 3 is 2.17 bits per heavy atom. The lowest BCUT2D eigenvalue weighted by atomic mass is 10.2. The number of hydrogen-bond donors (Lipinski definition) is 3. The fraction of sp³-hybridized carbons (Fsp3) is 0.429. The molecule has 0 radical (unpaired) electrons. The van der Waals surface area contributed by atoms with E-state index in [9.17, 15) is 14.7 Å². The second kappa shape index (κ2) is 10.1. The lowest BCUT2D eigenvalue weighted by molar-refractivity contribution is -0.132. The van der Waals surface area contributed by atoms with Crippen LogP contribution in [0.3, 0.4) is 0 Å². The van der Waals surface area contributed by atoms with Gasteiger partial charge in [-0.2, -0.15) is 0 Å². The van der Waals surface area contributed by atoms with Gasteiger partial charge in [-0.05, 0) is 24.3 Å². The smallest absolute Gasteiger partial charge is 0.242 e. The van der Waals surface area contributed by atoms with Gasteiger partial charge in [-0.3, -0.25) is 9.59 Å². The van der Waals surface area contributed by atoms with Crippen LogP contribution in [0.1, 0.15) is 0 Å². The quantitative estimate of drug-likeness (QED) is 0.696. The van der Waals surface area contributed by atoms with E-state index in [-0.39, 0.29) is 55.5 Å². The molecule has 2 amide bonds. The molecule has 0 aromatic heterocycles. The number of halogens is 2. The molecule has 0 bridgehead atoms. The third-order valence-corrected chi connectivity index (χ3v) is 3.47. The molecule has 1 aromatic rings. The van der Waals surface area contributed by atoms with Crippen molar-refractivity contribution in [1.82, 2.24) is 10.2 Å². The standard InChI is InChI=1S/C14H20N4O3.2ClH/c15-9-13(20)16-10-14(21)18-7-5-17(6-8-18)11-1-3-12(19)4-2-11;;/h1-4,19H,5-10,15H2,(H,16,20);2*1H. The van der Waals surface area contributed by atoms with Gasteiger partial charge in [-0.25, -0.2) is 0 Å². The summed E-state index contributed by atoms with van der Waals surface area (Å²) in [5, 5.41) is 11.8. The van der Waals surface area contributed by atoms with Crippen molar-refractivity contribution >= 4 is 42.3 Å². The molecule has 0 spiro atoms. The second-order valence-electron chi connectivity index (χ2n) is 4.87. The van der Waals surface area contributed by atoms with Gasteiger partial charge < -0.3 is 26.0 Å². The van der Waals surface area contributed by atoms with E-state index in [0.717, 1.165) is 18.8 Å². The Hall–Kier alpha value is -1.70. The van der Waals surface area contributed by atoms with Crippen molar-refractivity contribution in [3.05, 3.63) is 24.3 Å². The number of piperazine rings is 1. The van der Waals surface area contributed by atoms with Gasteiger partial charge in [0.2, 0.25) is 11.8 Å².